The van der Waals surface area contributed by atoms with Crippen molar-refractivity contribution in [3.05, 3.63) is 35.1 Å². The van der Waals surface area contributed by atoms with E-state index in [1.54, 1.807) is 0 Å². The minimum Gasteiger partial charge on any atom is -0.494 e. The Morgan fingerprint density at radius 2 is 2.15 bits per heavy atom. The van der Waals surface area contributed by atoms with Crippen LogP contribution in [-0.2, 0) is 9.47 Å². The molecule has 0 aromatic carbocycles. The van der Waals surface area contributed by atoms with E-state index in [0.717, 1.165) is 63.3 Å². The molecule has 0 atom stereocenters. The molecule has 0 aromatic rings. The molecular weight excluding hydrogens is 250 g/mol. The van der Waals surface area contributed by atoms with Crippen LogP contribution in [0.2, 0.25) is 0 Å². The van der Waals surface area contributed by atoms with Crippen molar-refractivity contribution in [3.63, 3.8) is 0 Å². The van der Waals surface area contributed by atoms with Gasteiger partial charge in [0.1, 0.15) is 11.9 Å². The van der Waals surface area contributed by atoms with Crippen molar-refractivity contribution in [1.29, 1.82) is 0 Å². The van der Waals surface area contributed by atoms with Crippen molar-refractivity contribution in [2.45, 2.75) is 45.1 Å². The Morgan fingerprint density at radius 1 is 1.30 bits per heavy atom. The van der Waals surface area contributed by atoms with Gasteiger partial charge in [0.05, 0.1) is 13.2 Å². The van der Waals surface area contributed by atoms with Gasteiger partial charge in [-0.1, -0.05) is 18.2 Å². The Bertz CT molecular complexity index is 479. The molecule has 1 saturated heterocycles. The van der Waals surface area contributed by atoms with Crippen LogP contribution in [0.1, 0.15) is 39.0 Å². The zero-order valence-corrected chi connectivity index (χ0v) is 12.2. The minimum absolute atomic E-state index is 0.301. The molecule has 20 heavy (non-hydrogen) atoms. The summed E-state index contributed by atoms with van der Waals surface area (Å²) in [5, 5.41) is 0. The van der Waals surface area contributed by atoms with Crippen molar-refractivity contribution in [2.75, 3.05) is 19.8 Å². The second kappa shape index (κ2) is 6.40. The molecule has 2 heterocycles. The van der Waals surface area contributed by atoms with Crippen LogP contribution in [-0.4, -0.2) is 31.6 Å². The number of fused-ring (bicyclic) bond motifs is 1. The molecule has 3 heteroatoms. The summed E-state index contributed by atoms with van der Waals surface area (Å²) in [6.45, 7) is 4.69. The normalized spacial score (nSPS) is 24.4. The molecule has 0 spiro atoms. The topological polar surface area (TPSA) is 30.8 Å². The molecule has 0 radical (unpaired) electrons. The van der Waals surface area contributed by atoms with Crippen LogP contribution in [0, 0.1) is 0 Å². The number of ether oxygens (including phenoxy) is 2. The van der Waals surface area contributed by atoms with E-state index in [0.29, 0.717) is 6.10 Å². The van der Waals surface area contributed by atoms with Gasteiger partial charge in [-0.05, 0) is 25.3 Å². The van der Waals surface area contributed by atoms with E-state index in [1.165, 1.54) is 11.1 Å². The molecule has 0 aromatic heterocycles. The molecule has 1 aliphatic carbocycles. The fourth-order valence-electron chi connectivity index (χ4n) is 3.06. The Balaban J connectivity index is 1.89. The van der Waals surface area contributed by atoms with Crippen LogP contribution < -0.4 is 0 Å². The van der Waals surface area contributed by atoms with Crippen molar-refractivity contribution < 1.29 is 9.47 Å². The lowest BCUT2D eigenvalue weighted by atomic mass is 9.97. The molecule has 3 rings (SSSR count). The largest absolute Gasteiger partial charge is 0.494 e. The molecule has 108 valence electrons. The van der Waals surface area contributed by atoms with Gasteiger partial charge in [0.25, 0.3) is 0 Å². The summed E-state index contributed by atoms with van der Waals surface area (Å²) in [5.41, 5.74) is 3.79. The lowest BCUT2D eigenvalue weighted by molar-refractivity contribution is -0.00531. The Labute approximate surface area is 121 Å². The Hall–Kier alpha value is -1.35. The average Bonchev–Trinajstić information content (AvgIpc) is 2.77. The summed E-state index contributed by atoms with van der Waals surface area (Å²) in [6, 6.07) is 0. The predicted octanol–water partition coefficient (Wildman–Crippen LogP) is 3.58. The van der Waals surface area contributed by atoms with E-state index in [2.05, 4.69) is 30.1 Å². The van der Waals surface area contributed by atoms with E-state index in [9.17, 15) is 0 Å². The maximum absolute atomic E-state index is 6.33. The van der Waals surface area contributed by atoms with E-state index in [-0.39, 0.29) is 0 Å². The summed E-state index contributed by atoms with van der Waals surface area (Å²) >= 11 is 0. The Morgan fingerprint density at radius 3 is 3.00 bits per heavy atom. The first-order chi connectivity index (χ1) is 9.84. The molecule has 3 aliphatic rings. The summed E-state index contributed by atoms with van der Waals surface area (Å²) in [4.78, 5) is 4.68. The van der Waals surface area contributed by atoms with Gasteiger partial charge in [-0.25, -0.2) is 0 Å². The maximum atomic E-state index is 6.33. The second-order valence-electron chi connectivity index (χ2n) is 5.62. The van der Waals surface area contributed by atoms with E-state index >= 15 is 0 Å². The lowest BCUT2D eigenvalue weighted by Gasteiger charge is -2.26. The standard InChI is InChI=1S/C17H23NO2/c1-13-17-14(6-4-10-18-13)5-2-3-7-16(17)20-15-8-11-19-12-9-15/h2-3,5,15H,4,6-12H2,1H3. The summed E-state index contributed by atoms with van der Waals surface area (Å²) in [7, 11) is 0. The van der Waals surface area contributed by atoms with Gasteiger partial charge in [0.15, 0.2) is 0 Å². The molecule has 3 nitrogen and oxygen atoms in total. The monoisotopic (exact) mass is 273 g/mol. The average molecular weight is 273 g/mol. The number of aliphatic imine (C=N–C) groups is 1. The van der Waals surface area contributed by atoms with Crippen molar-refractivity contribution >= 4 is 5.71 Å². The van der Waals surface area contributed by atoms with Gasteiger partial charge in [-0.15, -0.1) is 0 Å². The number of nitrogens with zero attached hydrogens (tertiary/aromatic N) is 1. The first-order valence-corrected chi connectivity index (χ1v) is 7.69. The summed E-state index contributed by atoms with van der Waals surface area (Å²) in [5.74, 6) is 1.11. The third-order valence-corrected chi connectivity index (χ3v) is 4.13. The highest BCUT2D eigenvalue weighted by atomic mass is 16.5. The van der Waals surface area contributed by atoms with Gasteiger partial charge in [-0.2, -0.15) is 0 Å². The maximum Gasteiger partial charge on any atom is 0.109 e. The van der Waals surface area contributed by atoms with Gasteiger partial charge in [-0.3, -0.25) is 4.99 Å². The number of rotatable bonds is 2. The third-order valence-electron chi connectivity index (χ3n) is 4.13. The van der Waals surface area contributed by atoms with Crippen LogP contribution in [0.25, 0.3) is 0 Å². The van der Waals surface area contributed by atoms with Crippen LogP contribution in [0.4, 0.5) is 0 Å². The van der Waals surface area contributed by atoms with E-state index in [1.807, 2.05) is 0 Å². The third kappa shape index (κ3) is 3.04. The van der Waals surface area contributed by atoms with Crippen molar-refractivity contribution in [3.8, 4) is 0 Å². The van der Waals surface area contributed by atoms with Gasteiger partial charge in [0.2, 0.25) is 0 Å². The van der Waals surface area contributed by atoms with E-state index in [4.69, 9.17) is 9.47 Å². The van der Waals surface area contributed by atoms with Gasteiger partial charge < -0.3 is 9.47 Å². The van der Waals surface area contributed by atoms with Gasteiger partial charge in [0, 0.05) is 37.1 Å². The van der Waals surface area contributed by atoms with Crippen LogP contribution >= 0.6 is 0 Å². The zero-order valence-electron chi connectivity index (χ0n) is 12.2. The fraction of sp³-hybridized carbons (Fsp3) is 0.588. The van der Waals surface area contributed by atoms with Crippen molar-refractivity contribution in [2.24, 2.45) is 4.99 Å². The second-order valence-corrected chi connectivity index (χ2v) is 5.62. The molecule has 0 unspecified atom stereocenters. The zero-order chi connectivity index (χ0) is 13.8. The van der Waals surface area contributed by atoms with Gasteiger partial charge >= 0.3 is 0 Å². The molecule has 0 bridgehead atoms. The SMILES string of the molecule is CC1=NCCCC2=CC=CCC(OC3CCOCC3)=C21. The van der Waals surface area contributed by atoms with Crippen LogP contribution in [0.5, 0.6) is 0 Å². The molecule has 0 saturated carbocycles. The first-order valence-electron chi connectivity index (χ1n) is 7.69. The molecule has 1 fully saturated rings. The minimum atomic E-state index is 0.301. The fourth-order valence-corrected chi connectivity index (χ4v) is 3.06. The van der Waals surface area contributed by atoms with Crippen LogP contribution in [0.15, 0.2) is 40.1 Å². The molecule has 0 amide bonds. The smallest absolute Gasteiger partial charge is 0.109 e. The highest BCUT2D eigenvalue weighted by Crippen LogP contribution is 2.30. The molecular formula is C17H23NO2. The highest BCUT2D eigenvalue weighted by Gasteiger charge is 2.22. The highest BCUT2D eigenvalue weighted by molar-refractivity contribution is 6.03. The van der Waals surface area contributed by atoms with Crippen molar-refractivity contribution in [1.82, 2.24) is 0 Å². The molecule has 0 N–H and O–H groups in total. The number of hydrogen-bond acceptors (Lipinski definition) is 3. The summed E-state index contributed by atoms with van der Waals surface area (Å²) < 4.78 is 11.8. The Kier molecular flexibility index (Phi) is 4.36. The number of hydrogen-bond donors (Lipinski definition) is 0. The number of allylic oxidation sites excluding steroid dienone is 5. The van der Waals surface area contributed by atoms with E-state index < -0.39 is 0 Å². The predicted molar refractivity (Wildman–Crippen MR) is 81.0 cm³/mol. The summed E-state index contributed by atoms with van der Waals surface area (Å²) in [6.07, 6.45) is 12.0. The lowest BCUT2D eigenvalue weighted by Crippen LogP contribution is -2.24. The quantitative estimate of drug-likeness (QED) is 0.770. The first kappa shape index (κ1) is 13.6. The molecule has 2 aliphatic heterocycles. The van der Waals surface area contributed by atoms with Crippen LogP contribution in [0.3, 0.4) is 0 Å².